The third-order valence-electron chi connectivity index (χ3n) is 4.25. The zero-order valence-electron chi connectivity index (χ0n) is 14.6. The second-order valence-corrected chi connectivity index (χ2v) is 6.15. The molecule has 0 spiro atoms. The number of carbonyl (C=O) groups excluding carboxylic acids is 1. The average Bonchev–Trinajstić information content (AvgIpc) is 3.11. The van der Waals surface area contributed by atoms with Crippen LogP contribution in [0.4, 0.5) is 5.69 Å². The molecule has 3 aromatic rings. The lowest BCUT2D eigenvalue weighted by atomic mass is 10.1. The summed E-state index contributed by atoms with van der Waals surface area (Å²) >= 11 is 0. The van der Waals surface area contributed by atoms with Crippen LogP contribution in [0.25, 0.3) is 11.0 Å². The number of carbonyl (C=O) groups is 1. The Kier molecular flexibility index (Phi) is 4.19. The molecule has 0 saturated carbocycles. The predicted octanol–water partition coefficient (Wildman–Crippen LogP) is 3.10. The van der Waals surface area contributed by atoms with Gasteiger partial charge in [0.1, 0.15) is 17.8 Å². The van der Waals surface area contributed by atoms with E-state index in [0.29, 0.717) is 16.5 Å². The Balaban J connectivity index is 1.65. The summed E-state index contributed by atoms with van der Waals surface area (Å²) in [6, 6.07) is 8.83. The van der Waals surface area contributed by atoms with E-state index in [2.05, 4.69) is 0 Å². The second-order valence-electron chi connectivity index (χ2n) is 6.15. The van der Waals surface area contributed by atoms with E-state index < -0.39 is 22.2 Å². The van der Waals surface area contributed by atoms with E-state index in [1.54, 1.807) is 12.1 Å². The summed E-state index contributed by atoms with van der Waals surface area (Å²) in [5.74, 6) is -0.511. The van der Waals surface area contributed by atoms with Gasteiger partial charge in [0.05, 0.1) is 11.0 Å². The first kappa shape index (κ1) is 17.5. The molecule has 28 heavy (non-hydrogen) atoms. The van der Waals surface area contributed by atoms with Gasteiger partial charge in [-0.05, 0) is 18.6 Å². The van der Waals surface area contributed by atoms with Gasteiger partial charge < -0.3 is 18.6 Å². The molecular formula is C19H13NO8. The number of nitro groups is 1. The maximum absolute atomic E-state index is 12.5. The van der Waals surface area contributed by atoms with E-state index in [1.807, 2.05) is 13.0 Å². The monoisotopic (exact) mass is 383 g/mol. The fraction of sp³-hybridized carbons (Fsp3) is 0.158. The lowest BCUT2D eigenvalue weighted by Gasteiger charge is -2.08. The Morgan fingerprint density at radius 1 is 1.18 bits per heavy atom. The summed E-state index contributed by atoms with van der Waals surface area (Å²) in [6.07, 6.45) is 0. The molecule has 9 nitrogen and oxygen atoms in total. The number of hydrogen-bond acceptors (Lipinski definition) is 8. The highest BCUT2D eigenvalue weighted by Gasteiger charge is 2.28. The summed E-state index contributed by atoms with van der Waals surface area (Å²) in [5, 5.41) is 11.9. The van der Waals surface area contributed by atoms with E-state index in [1.165, 1.54) is 12.1 Å². The van der Waals surface area contributed by atoms with Gasteiger partial charge in [-0.25, -0.2) is 9.59 Å². The van der Waals surface area contributed by atoms with Crippen LogP contribution in [0.15, 0.2) is 45.6 Å². The molecule has 0 amide bonds. The zero-order chi connectivity index (χ0) is 19.8. The van der Waals surface area contributed by atoms with Crippen molar-refractivity contribution < 1.29 is 28.3 Å². The first-order chi connectivity index (χ1) is 13.4. The summed E-state index contributed by atoms with van der Waals surface area (Å²) in [7, 11) is 0. The number of rotatable bonds is 4. The molecule has 1 aliphatic heterocycles. The highest BCUT2D eigenvalue weighted by Crippen LogP contribution is 2.38. The number of nitrogens with zero attached hydrogens (tertiary/aromatic N) is 1. The van der Waals surface area contributed by atoms with Gasteiger partial charge >= 0.3 is 11.6 Å². The molecule has 0 N–H and O–H groups in total. The van der Waals surface area contributed by atoms with Crippen LogP contribution in [0.2, 0.25) is 0 Å². The maximum Gasteiger partial charge on any atom is 0.345 e. The van der Waals surface area contributed by atoms with Crippen molar-refractivity contribution in [2.24, 2.45) is 0 Å². The van der Waals surface area contributed by atoms with Crippen LogP contribution in [-0.2, 0) is 11.3 Å². The van der Waals surface area contributed by atoms with Crippen molar-refractivity contribution in [3.05, 3.63) is 73.6 Å². The first-order valence-electron chi connectivity index (χ1n) is 8.21. The Labute approximate surface area is 157 Å². The Morgan fingerprint density at radius 3 is 2.68 bits per heavy atom. The molecule has 0 saturated heterocycles. The van der Waals surface area contributed by atoms with Gasteiger partial charge in [0.25, 0.3) is 5.69 Å². The molecule has 0 fully saturated rings. The maximum atomic E-state index is 12.5. The van der Waals surface area contributed by atoms with Gasteiger partial charge in [-0.15, -0.1) is 0 Å². The third kappa shape index (κ3) is 3.13. The van der Waals surface area contributed by atoms with Gasteiger partial charge in [-0.1, -0.05) is 12.1 Å². The average molecular weight is 383 g/mol. The van der Waals surface area contributed by atoms with Crippen LogP contribution < -0.4 is 15.1 Å². The van der Waals surface area contributed by atoms with E-state index in [4.69, 9.17) is 18.6 Å². The highest BCUT2D eigenvalue weighted by molar-refractivity contribution is 5.95. The Morgan fingerprint density at radius 2 is 1.93 bits per heavy atom. The molecule has 2 aromatic carbocycles. The number of esters is 1. The van der Waals surface area contributed by atoms with Crippen LogP contribution in [0, 0.1) is 17.0 Å². The molecule has 0 unspecified atom stereocenters. The van der Waals surface area contributed by atoms with Crippen molar-refractivity contribution in [3.8, 4) is 11.5 Å². The molecular weight excluding hydrogens is 370 g/mol. The highest BCUT2D eigenvalue weighted by atomic mass is 16.7. The van der Waals surface area contributed by atoms with Crippen LogP contribution in [-0.4, -0.2) is 17.7 Å². The number of hydrogen-bond donors (Lipinski definition) is 0. The lowest BCUT2D eigenvalue weighted by Crippen LogP contribution is -2.10. The van der Waals surface area contributed by atoms with Gasteiger partial charge in [-0.2, -0.15) is 0 Å². The van der Waals surface area contributed by atoms with E-state index in [0.717, 1.165) is 11.6 Å². The minimum absolute atomic E-state index is 0.0871. The Bertz CT molecular complexity index is 1180. The summed E-state index contributed by atoms with van der Waals surface area (Å²) < 4.78 is 20.7. The van der Waals surface area contributed by atoms with Gasteiger partial charge in [0, 0.05) is 23.1 Å². The molecule has 1 aliphatic rings. The molecule has 1 aromatic heterocycles. The number of nitro benzene ring substituents is 1. The standard InChI is InChI=1S/C19H13NO8/c1-10-2-3-12-11(5-18(21)28-15(12)4-10)8-25-19(22)13-6-16-17(27-9-26-16)7-14(13)20(23)24/h2-7H,8-9H2,1H3. The van der Waals surface area contributed by atoms with Crippen LogP contribution in [0.3, 0.4) is 0 Å². The Hall–Kier alpha value is -3.88. The summed E-state index contributed by atoms with van der Waals surface area (Å²) in [5.41, 5.74) is 0.397. The summed E-state index contributed by atoms with van der Waals surface area (Å²) in [6.45, 7) is 1.51. The molecule has 0 radical (unpaired) electrons. The molecule has 2 heterocycles. The molecule has 0 bridgehead atoms. The van der Waals surface area contributed by atoms with Crippen LogP contribution in [0.1, 0.15) is 21.5 Å². The third-order valence-corrected chi connectivity index (χ3v) is 4.25. The largest absolute Gasteiger partial charge is 0.457 e. The molecule has 4 rings (SSSR count). The van der Waals surface area contributed by atoms with Gasteiger partial charge in [0.2, 0.25) is 6.79 Å². The van der Waals surface area contributed by atoms with Crippen molar-refractivity contribution in [1.82, 2.24) is 0 Å². The van der Waals surface area contributed by atoms with Crippen LogP contribution in [0.5, 0.6) is 11.5 Å². The fourth-order valence-electron chi connectivity index (χ4n) is 2.92. The first-order valence-corrected chi connectivity index (χ1v) is 8.21. The lowest BCUT2D eigenvalue weighted by molar-refractivity contribution is -0.385. The fourth-order valence-corrected chi connectivity index (χ4v) is 2.92. The van der Waals surface area contributed by atoms with Crippen molar-refractivity contribution >= 4 is 22.6 Å². The zero-order valence-corrected chi connectivity index (χ0v) is 14.6. The quantitative estimate of drug-likeness (QED) is 0.292. The normalized spacial score (nSPS) is 12.2. The van der Waals surface area contributed by atoms with Crippen molar-refractivity contribution in [3.63, 3.8) is 0 Å². The smallest absolute Gasteiger partial charge is 0.345 e. The van der Waals surface area contributed by atoms with Crippen molar-refractivity contribution in [2.75, 3.05) is 6.79 Å². The SMILES string of the molecule is Cc1ccc2c(COC(=O)c3cc4c(cc3[N+](=O)[O-])OCO4)cc(=O)oc2c1. The van der Waals surface area contributed by atoms with Crippen molar-refractivity contribution in [2.45, 2.75) is 13.5 Å². The second kappa shape index (κ2) is 6.69. The minimum atomic E-state index is -0.918. The van der Waals surface area contributed by atoms with Gasteiger partial charge in [0.15, 0.2) is 11.5 Å². The van der Waals surface area contributed by atoms with Crippen molar-refractivity contribution in [1.29, 1.82) is 0 Å². The minimum Gasteiger partial charge on any atom is -0.457 e. The van der Waals surface area contributed by atoms with Crippen LogP contribution >= 0.6 is 0 Å². The van der Waals surface area contributed by atoms with E-state index in [9.17, 15) is 19.7 Å². The molecule has 142 valence electrons. The molecule has 0 aliphatic carbocycles. The van der Waals surface area contributed by atoms with E-state index in [-0.39, 0.29) is 30.5 Å². The summed E-state index contributed by atoms with van der Waals surface area (Å²) in [4.78, 5) is 34.9. The topological polar surface area (TPSA) is 118 Å². The number of ether oxygens (including phenoxy) is 3. The van der Waals surface area contributed by atoms with Gasteiger partial charge in [-0.3, -0.25) is 10.1 Å². The number of aryl methyl sites for hydroxylation is 1. The number of benzene rings is 2. The molecule has 9 heteroatoms. The molecule has 0 atom stereocenters. The van der Waals surface area contributed by atoms with E-state index >= 15 is 0 Å². The number of fused-ring (bicyclic) bond motifs is 2. The predicted molar refractivity (Wildman–Crippen MR) is 95.6 cm³/mol.